The van der Waals surface area contributed by atoms with Crippen LogP contribution in [0.2, 0.25) is 0 Å². The highest BCUT2D eigenvalue weighted by Crippen LogP contribution is 2.44. The average Bonchev–Trinajstić information content (AvgIpc) is 3.40. The van der Waals surface area contributed by atoms with E-state index in [4.69, 9.17) is 9.47 Å². The standard InChI is InChI=1S/C27H22N2O3S/c1-31-18-13-14-24-25(16-18)33-26(29-24)12-6-7-15-28-27(30)32-17-23-21-10-4-2-8-19(21)20-9-3-5-11-22(20)23/h2-5,8-11,13-14,16,23H,7,15,17H2,1H3,(H,28,30). The summed E-state index contributed by atoms with van der Waals surface area (Å²) in [6.45, 7) is 0.725. The Hall–Kier alpha value is -3.82. The molecule has 1 N–H and O–H groups in total. The van der Waals surface area contributed by atoms with Gasteiger partial charge in [-0.25, -0.2) is 9.78 Å². The molecule has 0 atom stereocenters. The van der Waals surface area contributed by atoms with Crippen molar-refractivity contribution in [2.75, 3.05) is 20.3 Å². The molecule has 1 aromatic heterocycles. The second kappa shape index (κ2) is 9.35. The van der Waals surface area contributed by atoms with Crippen molar-refractivity contribution in [1.29, 1.82) is 0 Å². The van der Waals surface area contributed by atoms with Gasteiger partial charge in [0.25, 0.3) is 0 Å². The highest BCUT2D eigenvalue weighted by Gasteiger charge is 2.28. The Bertz CT molecular complexity index is 1340. The number of nitrogens with zero attached hydrogens (tertiary/aromatic N) is 1. The molecule has 0 fully saturated rings. The quantitative estimate of drug-likeness (QED) is 0.316. The molecule has 0 saturated heterocycles. The van der Waals surface area contributed by atoms with Gasteiger partial charge in [0.2, 0.25) is 0 Å². The summed E-state index contributed by atoms with van der Waals surface area (Å²) in [5.41, 5.74) is 5.73. The molecule has 0 saturated carbocycles. The lowest BCUT2D eigenvalue weighted by atomic mass is 9.98. The van der Waals surface area contributed by atoms with Crippen LogP contribution >= 0.6 is 11.3 Å². The summed E-state index contributed by atoms with van der Waals surface area (Å²) in [5.74, 6) is 6.99. The zero-order chi connectivity index (χ0) is 22.6. The lowest BCUT2D eigenvalue weighted by molar-refractivity contribution is 0.143. The number of fused-ring (bicyclic) bond motifs is 4. The van der Waals surface area contributed by atoms with Crippen molar-refractivity contribution in [2.24, 2.45) is 0 Å². The highest BCUT2D eigenvalue weighted by molar-refractivity contribution is 7.19. The van der Waals surface area contributed by atoms with E-state index in [0.29, 0.717) is 19.6 Å². The number of thiazole rings is 1. The Morgan fingerprint density at radius 2 is 1.79 bits per heavy atom. The van der Waals surface area contributed by atoms with Crippen LogP contribution in [0.5, 0.6) is 5.75 Å². The summed E-state index contributed by atoms with van der Waals surface area (Å²) < 4.78 is 11.8. The van der Waals surface area contributed by atoms with Gasteiger partial charge < -0.3 is 14.8 Å². The third-order valence-corrected chi connectivity index (χ3v) is 6.59. The van der Waals surface area contributed by atoms with Gasteiger partial charge in [0.1, 0.15) is 12.4 Å². The smallest absolute Gasteiger partial charge is 0.407 e. The number of alkyl carbamates (subject to hydrolysis) is 1. The molecule has 1 aliphatic rings. The number of carbonyl (C=O) groups is 1. The van der Waals surface area contributed by atoms with E-state index in [9.17, 15) is 4.79 Å². The molecule has 1 amide bonds. The molecule has 0 bridgehead atoms. The van der Waals surface area contributed by atoms with Crippen molar-refractivity contribution in [1.82, 2.24) is 10.3 Å². The first kappa shape index (κ1) is 21.0. The van der Waals surface area contributed by atoms with Gasteiger partial charge in [0.05, 0.1) is 17.3 Å². The molecule has 1 heterocycles. The molecule has 6 heteroatoms. The normalized spacial score (nSPS) is 11.9. The molecule has 1 aliphatic carbocycles. The summed E-state index contributed by atoms with van der Waals surface area (Å²) in [6, 6.07) is 22.4. The van der Waals surface area contributed by atoms with Crippen LogP contribution in [0.1, 0.15) is 28.5 Å². The average molecular weight is 455 g/mol. The summed E-state index contributed by atoms with van der Waals surface area (Å²) in [7, 11) is 1.65. The minimum atomic E-state index is -0.425. The Morgan fingerprint density at radius 1 is 1.06 bits per heavy atom. The summed E-state index contributed by atoms with van der Waals surface area (Å²) >= 11 is 1.53. The molecule has 5 rings (SSSR count). The van der Waals surface area contributed by atoms with Crippen LogP contribution in [-0.2, 0) is 4.74 Å². The summed E-state index contributed by atoms with van der Waals surface area (Å²) in [4.78, 5) is 16.7. The summed E-state index contributed by atoms with van der Waals surface area (Å²) in [6.07, 6.45) is 0.0921. The third-order valence-electron chi connectivity index (χ3n) is 5.65. The van der Waals surface area contributed by atoms with Gasteiger partial charge in [-0.15, -0.1) is 11.3 Å². The minimum absolute atomic E-state index is 0.0561. The van der Waals surface area contributed by atoms with E-state index in [1.165, 1.54) is 33.6 Å². The molecular weight excluding hydrogens is 432 g/mol. The van der Waals surface area contributed by atoms with E-state index in [2.05, 4.69) is 46.4 Å². The maximum atomic E-state index is 12.2. The van der Waals surface area contributed by atoms with Gasteiger partial charge in [-0.2, -0.15) is 0 Å². The molecule has 33 heavy (non-hydrogen) atoms. The van der Waals surface area contributed by atoms with E-state index in [0.717, 1.165) is 21.0 Å². The number of aromatic nitrogens is 1. The Labute approximate surface area is 196 Å². The number of carbonyl (C=O) groups excluding carboxylic acids is 1. The highest BCUT2D eigenvalue weighted by atomic mass is 32.1. The van der Waals surface area contributed by atoms with E-state index < -0.39 is 6.09 Å². The monoisotopic (exact) mass is 454 g/mol. The van der Waals surface area contributed by atoms with Gasteiger partial charge in [0, 0.05) is 18.9 Å². The van der Waals surface area contributed by atoms with E-state index in [1.54, 1.807) is 7.11 Å². The molecule has 5 nitrogen and oxygen atoms in total. The van der Waals surface area contributed by atoms with Crippen LogP contribution in [0.3, 0.4) is 0 Å². The number of amides is 1. The van der Waals surface area contributed by atoms with E-state index >= 15 is 0 Å². The molecule has 164 valence electrons. The number of benzene rings is 3. The Balaban J connectivity index is 1.13. The van der Waals surface area contributed by atoms with Crippen molar-refractivity contribution in [3.8, 4) is 28.7 Å². The molecule has 3 aromatic carbocycles. The zero-order valence-electron chi connectivity index (χ0n) is 18.1. The van der Waals surface area contributed by atoms with Gasteiger partial charge in [0.15, 0.2) is 5.01 Å². The van der Waals surface area contributed by atoms with Crippen LogP contribution in [0.4, 0.5) is 4.79 Å². The molecule has 0 unspecified atom stereocenters. The number of hydrogen-bond donors (Lipinski definition) is 1. The van der Waals surface area contributed by atoms with E-state index in [-0.39, 0.29) is 5.92 Å². The van der Waals surface area contributed by atoms with Gasteiger partial charge in [-0.3, -0.25) is 0 Å². The molecule has 0 aliphatic heterocycles. The maximum absolute atomic E-state index is 12.2. The molecule has 4 aromatic rings. The SMILES string of the molecule is COc1ccc2nc(C#CCCNC(=O)OCC3c4ccccc4-c4ccccc43)sc2c1. The number of hydrogen-bond acceptors (Lipinski definition) is 5. The van der Waals surface area contributed by atoms with Gasteiger partial charge in [-0.05, 0) is 46.4 Å². The summed E-state index contributed by atoms with van der Waals surface area (Å²) in [5, 5.41) is 3.53. The van der Waals surface area contributed by atoms with Gasteiger partial charge in [-0.1, -0.05) is 54.5 Å². The first-order valence-electron chi connectivity index (χ1n) is 10.8. The zero-order valence-corrected chi connectivity index (χ0v) is 18.9. The Kier molecular flexibility index (Phi) is 5.97. The molecular formula is C27H22N2O3S. The van der Waals surface area contributed by atoms with Crippen molar-refractivity contribution >= 4 is 27.6 Å². The largest absolute Gasteiger partial charge is 0.497 e. The predicted molar refractivity (Wildman–Crippen MR) is 131 cm³/mol. The fourth-order valence-electron chi connectivity index (χ4n) is 4.10. The first-order chi connectivity index (χ1) is 16.2. The molecule has 0 spiro atoms. The fourth-order valence-corrected chi connectivity index (χ4v) is 4.97. The number of nitrogens with one attached hydrogen (secondary N) is 1. The maximum Gasteiger partial charge on any atom is 0.407 e. The van der Waals surface area contributed by atoms with Crippen LogP contribution < -0.4 is 10.1 Å². The van der Waals surface area contributed by atoms with Crippen LogP contribution in [0, 0.1) is 11.8 Å². The van der Waals surface area contributed by atoms with Crippen molar-refractivity contribution in [3.63, 3.8) is 0 Å². The number of ether oxygens (including phenoxy) is 2. The molecule has 0 radical (unpaired) electrons. The van der Waals surface area contributed by atoms with Gasteiger partial charge >= 0.3 is 6.09 Å². The predicted octanol–water partition coefficient (Wildman–Crippen LogP) is 5.59. The van der Waals surface area contributed by atoms with E-state index in [1.807, 2.05) is 42.5 Å². The van der Waals surface area contributed by atoms with Crippen LogP contribution in [0.15, 0.2) is 66.7 Å². The second-order valence-corrected chi connectivity index (χ2v) is 8.69. The van der Waals surface area contributed by atoms with Crippen molar-refractivity contribution in [2.45, 2.75) is 12.3 Å². The first-order valence-corrected chi connectivity index (χ1v) is 11.6. The second-order valence-electron chi connectivity index (χ2n) is 7.66. The van der Waals surface area contributed by atoms with Crippen LogP contribution in [-0.4, -0.2) is 31.3 Å². The minimum Gasteiger partial charge on any atom is -0.497 e. The van der Waals surface area contributed by atoms with Crippen LogP contribution in [0.25, 0.3) is 21.3 Å². The Morgan fingerprint density at radius 3 is 2.52 bits per heavy atom. The fraction of sp³-hybridized carbons (Fsp3) is 0.185. The number of methoxy groups -OCH3 is 1. The van der Waals surface area contributed by atoms with Crippen molar-refractivity contribution < 1.29 is 14.3 Å². The lowest BCUT2D eigenvalue weighted by Gasteiger charge is -2.14. The lowest BCUT2D eigenvalue weighted by Crippen LogP contribution is -2.26. The number of rotatable bonds is 5. The third kappa shape index (κ3) is 4.41. The topological polar surface area (TPSA) is 60.5 Å². The van der Waals surface area contributed by atoms with Crippen molar-refractivity contribution in [3.05, 3.63) is 82.9 Å².